The molecule has 1 aliphatic rings. The number of nitrogens with one attached hydrogen (secondary N) is 1. The van der Waals surface area contributed by atoms with Gasteiger partial charge >= 0.3 is 6.18 Å². The number of nitrogens with zero attached hydrogens (tertiary/aromatic N) is 1. The van der Waals surface area contributed by atoms with Crippen LogP contribution < -0.4 is 10.2 Å². The first-order chi connectivity index (χ1) is 12.2. The quantitative estimate of drug-likeness (QED) is 0.695. The molecule has 8 heteroatoms. The van der Waals surface area contributed by atoms with E-state index >= 15 is 0 Å². The molecule has 1 aromatic carbocycles. The van der Waals surface area contributed by atoms with Crippen LogP contribution in [0.25, 0.3) is 0 Å². The topological polar surface area (TPSA) is 45.5 Å². The Morgan fingerprint density at radius 2 is 1.85 bits per heavy atom. The fourth-order valence-electron chi connectivity index (χ4n) is 3.15. The SMILES string of the molecule is Cc1oc(C)c(C(=O)Nc2cc(C(F)(F)F)ccc2N2CCCC2)c1Br. The Kier molecular flexibility index (Phi) is 5.05. The highest BCUT2D eigenvalue weighted by Crippen LogP contribution is 2.37. The van der Waals surface area contributed by atoms with Crippen LogP contribution in [0.15, 0.2) is 27.1 Å². The molecule has 1 fully saturated rings. The molecule has 3 rings (SSSR count). The van der Waals surface area contributed by atoms with Gasteiger partial charge in [0, 0.05) is 13.1 Å². The van der Waals surface area contributed by atoms with Crippen molar-refractivity contribution in [2.24, 2.45) is 0 Å². The molecule has 1 amide bonds. The van der Waals surface area contributed by atoms with Crippen molar-refractivity contribution >= 4 is 33.2 Å². The zero-order valence-electron chi connectivity index (χ0n) is 14.3. The Morgan fingerprint density at radius 3 is 2.38 bits per heavy atom. The monoisotopic (exact) mass is 430 g/mol. The molecule has 26 heavy (non-hydrogen) atoms. The van der Waals surface area contributed by atoms with Crippen molar-refractivity contribution in [2.75, 3.05) is 23.3 Å². The average molecular weight is 431 g/mol. The highest BCUT2D eigenvalue weighted by molar-refractivity contribution is 9.10. The lowest BCUT2D eigenvalue weighted by atomic mass is 10.1. The summed E-state index contributed by atoms with van der Waals surface area (Å²) in [6.45, 7) is 4.84. The van der Waals surface area contributed by atoms with Crippen LogP contribution in [-0.2, 0) is 6.18 Å². The minimum Gasteiger partial charge on any atom is -0.465 e. The first kappa shape index (κ1) is 18.8. The van der Waals surface area contributed by atoms with Crippen molar-refractivity contribution < 1.29 is 22.4 Å². The number of furan rings is 1. The fraction of sp³-hybridized carbons (Fsp3) is 0.389. The summed E-state index contributed by atoms with van der Waals surface area (Å²) < 4.78 is 45.3. The van der Waals surface area contributed by atoms with Crippen LogP contribution in [0.5, 0.6) is 0 Å². The van der Waals surface area contributed by atoms with Crippen molar-refractivity contribution in [3.05, 3.63) is 45.3 Å². The van der Waals surface area contributed by atoms with E-state index in [-0.39, 0.29) is 11.3 Å². The molecule has 0 spiro atoms. The van der Waals surface area contributed by atoms with Crippen molar-refractivity contribution in [1.82, 2.24) is 0 Å². The van der Waals surface area contributed by atoms with E-state index in [1.165, 1.54) is 6.07 Å². The number of aryl methyl sites for hydroxylation is 2. The summed E-state index contributed by atoms with van der Waals surface area (Å²) in [7, 11) is 0. The van der Waals surface area contributed by atoms with E-state index in [0.717, 1.165) is 38.1 Å². The maximum absolute atomic E-state index is 13.1. The Labute approximate surface area is 157 Å². The molecule has 1 saturated heterocycles. The van der Waals surface area contributed by atoms with E-state index in [1.807, 2.05) is 4.90 Å². The van der Waals surface area contributed by atoms with Crippen LogP contribution in [0.1, 0.15) is 40.3 Å². The highest BCUT2D eigenvalue weighted by atomic mass is 79.9. The number of alkyl halides is 3. The summed E-state index contributed by atoms with van der Waals surface area (Å²) in [5, 5.41) is 2.64. The van der Waals surface area contributed by atoms with E-state index in [4.69, 9.17) is 4.42 Å². The maximum Gasteiger partial charge on any atom is 0.416 e. The summed E-state index contributed by atoms with van der Waals surface area (Å²) in [6, 6.07) is 3.46. The molecule has 1 aromatic heterocycles. The number of rotatable bonds is 3. The number of hydrogen-bond donors (Lipinski definition) is 1. The van der Waals surface area contributed by atoms with Crippen LogP contribution in [-0.4, -0.2) is 19.0 Å². The molecule has 2 aromatic rings. The van der Waals surface area contributed by atoms with Crippen molar-refractivity contribution in [3.8, 4) is 0 Å². The summed E-state index contributed by atoms with van der Waals surface area (Å²) in [6.07, 6.45) is -2.54. The largest absolute Gasteiger partial charge is 0.465 e. The number of halogens is 4. The third kappa shape index (κ3) is 3.60. The molecule has 1 N–H and O–H groups in total. The standard InChI is InChI=1S/C18H18BrF3N2O2/c1-10-15(16(19)11(2)26-10)17(25)23-13-9-12(18(20,21)22)5-6-14(13)24-7-3-4-8-24/h5-6,9H,3-4,7-8H2,1-2H3,(H,23,25). The number of hydrogen-bond acceptors (Lipinski definition) is 3. The van der Waals surface area contributed by atoms with E-state index in [0.29, 0.717) is 21.7 Å². The van der Waals surface area contributed by atoms with E-state index in [2.05, 4.69) is 21.2 Å². The van der Waals surface area contributed by atoms with Crippen LogP contribution in [0, 0.1) is 13.8 Å². The molecular weight excluding hydrogens is 413 g/mol. The van der Waals surface area contributed by atoms with Gasteiger partial charge in [-0.05, 0) is 60.8 Å². The summed E-state index contributed by atoms with van der Waals surface area (Å²) in [5.74, 6) is 0.434. The lowest BCUT2D eigenvalue weighted by Gasteiger charge is -2.23. The van der Waals surface area contributed by atoms with Crippen molar-refractivity contribution in [3.63, 3.8) is 0 Å². The van der Waals surface area contributed by atoms with Gasteiger partial charge in [0.1, 0.15) is 11.5 Å². The van der Waals surface area contributed by atoms with Gasteiger partial charge in [0.25, 0.3) is 5.91 Å². The zero-order chi connectivity index (χ0) is 19.1. The van der Waals surface area contributed by atoms with Crippen LogP contribution in [0.3, 0.4) is 0 Å². The minimum atomic E-state index is -4.48. The lowest BCUT2D eigenvalue weighted by Crippen LogP contribution is -2.22. The van der Waals surface area contributed by atoms with Gasteiger partial charge in [-0.3, -0.25) is 4.79 Å². The Bertz CT molecular complexity index is 840. The van der Waals surface area contributed by atoms with Gasteiger partial charge in [-0.25, -0.2) is 0 Å². The molecule has 4 nitrogen and oxygen atoms in total. The number of benzene rings is 1. The molecule has 2 heterocycles. The molecular formula is C18H18BrF3N2O2. The number of carbonyl (C=O) groups excluding carboxylic acids is 1. The van der Waals surface area contributed by atoms with Crippen LogP contribution in [0.4, 0.5) is 24.5 Å². The molecule has 0 bridgehead atoms. The van der Waals surface area contributed by atoms with Crippen LogP contribution in [0.2, 0.25) is 0 Å². The second-order valence-electron chi connectivity index (χ2n) is 6.28. The maximum atomic E-state index is 13.1. The van der Waals surface area contributed by atoms with Gasteiger partial charge in [0.05, 0.1) is 27.0 Å². The molecule has 1 aliphatic heterocycles. The predicted molar refractivity (Wildman–Crippen MR) is 96.7 cm³/mol. The lowest BCUT2D eigenvalue weighted by molar-refractivity contribution is -0.137. The summed E-state index contributed by atoms with van der Waals surface area (Å²) in [4.78, 5) is 14.7. The Balaban J connectivity index is 1.99. The summed E-state index contributed by atoms with van der Waals surface area (Å²) >= 11 is 3.30. The van der Waals surface area contributed by atoms with Gasteiger partial charge in [0.2, 0.25) is 0 Å². The molecule has 0 unspecified atom stereocenters. The third-order valence-corrected chi connectivity index (χ3v) is 5.39. The van der Waals surface area contributed by atoms with Gasteiger partial charge in [-0.1, -0.05) is 0 Å². The van der Waals surface area contributed by atoms with E-state index < -0.39 is 17.6 Å². The average Bonchev–Trinajstić information content (AvgIpc) is 3.15. The van der Waals surface area contributed by atoms with Gasteiger partial charge in [-0.15, -0.1) is 0 Å². The fourth-order valence-corrected chi connectivity index (χ4v) is 3.69. The second kappa shape index (κ2) is 6.98. The van der Waals surface area contributed by atoms with E-state index in [9.17, 15) is 18.0 Å². The van der Waals surface area contributed by atoms with Crippen molar-refractivity contribution in [2.45, 2.75) is 32.9 Å². The molecule has 0 radical (unpaired) electrons. The first-order valence-corrected chi connectivity index (χ1v) is 9.01. The molecule has 0 atom stereocenters. The second-order valence-corrected chi connectivity index (χ2v) is 7.07. The molecule has 140 valence electrons. The summed E-state index contributed by atoms with van der Waals surface area (Å²) in [5.41, 5.74) is 0.233. The third-order valence-electron chi connectivity index (χ3n) is 4.43. The first-order valence-electron chi connectivity index (χ1n) is 8.21. The zero-order valence-corrected chi connectivity index (χ0v) is 15.9. The highest BCUT2D eigenvalue weighted by Gasteiger charge is 2.32. The van der Waals surface area contributed by atoms with Gasteiger partial charge < -0.3 is 14.6 Å². The molecule has 0 saturated carbocycles. The Hall–Kier alpha value is -1.96. The number of anilines is 2. The predicted octanol–water partition coefficient (Wildman–Crippen LogP) is 5.53. The van der Waals surface area contributed by atoms with Gasteiger partial charge in [-0.2, -0.15) is 13.2 Å². The Morgan fingerprint density at radius 1 is 1.19 bits per heavy atom. The van der Waals surface area contributed by atoms with E-state index in [1.54, 1.807) is 13.8 Å². The van der Waals surface area contributed by atoms with Crippen molar-refractivity contribution in [1.29, 1.82) is 0 Å². The minimum absolute atomic E-state index is 0.150. The number of carbonyl (C=O) groups is 1. The smallest absolute Gasteiger partial charge is 0.416 e. The van der Waals surface area contributed by atoms with Gasteiger partial charge in [0.15, 0.2) is 0 Å². The number of amides is 1. The molecule has 0 aliphatic carbocycles. The van der Waals surface area contributed by atoms with Crippen LogP contribution >= 0.6 is 15.9 Å². The normalized spacial score (nSPS) is 14.8.